The second kappa shape index (κ2) is 11.9. The van der Waals surface area contributed by atoms with Crippen LogP contribution in [0.15, 0.2) is 53.0 Å². The number of benzene rings is 2. The van der Waals surface area contributed by atoms with Crippen LogP contribution in [0.2, 0.25) is 5.02 Å². The van der Waals surface area contributed by atoms with E-state index in [0.717, 1.165) is 20.6 Å². The summed E-state index contributed by atoms with van der Waals surface area (Å²) in [6.45, 7) is 5.78. The lowest BCUT2D eigenvalue weighted by atomic mass is 10.1. The van der Waals surface area contributed by atoms with E-state index in [-0.39, 0.29) is 18.4 Å². The number of rotatable bonds is 10. The third kappa shape index (κ3) is 8.32. The van der Waals surface area contributed by atoms with Gasteiger partial charge in [0.25, 0.3) is 0 Å². The molecular formula is C23H29BrClN3O4S. The van der Waals surface area contributed by atoms with Crippen molar-refractivity contribution in [3.05, 3.63) is 63.6 Å². The van der Waals surface area contributed by atoms with Gasteiger partial charge in [-0.1, -0.05) is 53.5 Å². The molecule has 0 aliphatic carbocycles. The van der Waals surface area contributed by atoms with E-state index in [1.165, 1.54) is 17.0 Å². The number of carbonyl (C=O) groups excluding carboxylic acids is 2. The molecule has 1 N–H and O–H groups in total. The number of hydrogen-bond donors (Lipinski definition) is 1. The highest BCUT2D eigenvalue weighted by molar-refractivity contribution is 9.10. The van der Waals surface area contributed by atoms with Crippen molar-refractivity contribution in [2.24, 2.45) is 5.92 Å². The van der Waals surface area contributed by atoms with E-state index in [4.69, 9.17) is 11.6 Å². The Balaban J connectivity index is 2.34. The van der Waals surface area contributed by atoms with E-state index in [1.54, 1.807) is 19.1 Å². The second-order valence-corrected chi connectivity index (χ2v) is 11.5. The number of nitrogens with zero attached hydrogens (tertiary/aromatic N) is 2. The van der Waals surface area contributed by atoms with Gasteiger partial charge in [0.05, 0.1) is 11.9 Å². The lowest BCUT2D eigenvalue weighted by Crippen LogP contribution is -2.51. The standard InChI is InChI=1S/C23H29BrClN3O4S/c1-16(2)13-26-23(30)17(3)27(14-18-5-7-19(24)8-6-18)22(29)15-28(33(4,31)32)21-11-9-20(25)10-12-21/h5-12,16-17H,13-15H2,1-4H3,(H,26,30)/t17-/m1/s1. The van der Waals surface area contributed by atoms with Crippen LogP contribution in [0, 0.1) is 5.92 Å². The zero-order chi connectivity index (χ0) is 24.8. The number of halogens is 2. The maximum Gasteiger partial charge on any atom is 0.244 e. The van der Waals surface area contributed by atoms with Crippen LogP contribution in [0.25, 0.3) is 0 Å². The number of hydrogen-bond acceptors (Lipinski definition) is 4. The minimum atomic E-state index is -3.77. The first kappa shape index (κ1) is 27.1. The Morgan fingerprint density at radius 3 is 2.12 bits per heavy atom. The molecule has 2 aromatic carbocycles. The second-order valence-electron chi connectivity index (χ2n) is 8.21. The molecular weight excluding hydrogens is 530 g/mol. The topological polar surface area (TPSA) is 86.8 Å². The maximum absolute atomic E-state index is 13.4. The van der Waals surface area contributed by atoms with Gasteiger partial charge in [-0.15, -0.1) is 0 Å². The Morgan fingerprint density at radius 1 is 1.03 bits per heavy atom. The summed E-state index contributed by atoms with van der Waals surface area (Å²) in [5, 5.41) is 3.30. The molecule has 2 rings (SSSR count). The number of amides is 2. The predicted octanol–water partition coefficient (Wildman–Crippen LogP) is 4.06. The molecule has 2 aromatic rings. The Hall–Kier alpha value is -2.10. The van der Waals surface area contributed by atoms with Gasteiger partial charge in [0.15, 0.2) is 0 Å². The molecule has 0 aromatic heterocycles. The minimum Gasteiger partial charge on any atom is -0.354 e. The van der Waals surface area contributed by atoms with E-state index in [9.17, 15) is 18.0 Å². The number of nitrogens with one attached hydrogen (secondary N) is 1. The zero-order valence-corrected chi connectivity index (χ0v) is 22.2. The van der Waals surface area contributed by atoms with E-state index in [0.29, 0.717) is 17.3 Å². The van der Waals surface area contributed by atoms with E-state index >= 15 is 0 Å². The summed E-state index contributed by atoms with van der Waals surface area (Å²) in [4.78, 5) is 27.6. The first-order valence-electron chi connectivity index (χ1n) is 10.4. The van der Waals surface area contributed by atoms with Gasteiger partial charge in [-0.05, 0) is 54.8 Å². The van der Waals surface area contributed by atoms with Crippen LogP contribution in [0.4, 0.5) is 5.69 Å². The van der Waals surface area contributed by atoms with Crippen molar-refractivity contribution in [2.45, 2.75) is 33.4 Å². The van der Waals surface area contributed by atoms with Crippen molar-refractivity contribution in [2.75, 3.05) is 23.7 Å². The number of carbonyl (C=O) groups is 2. The molecule has 0 spiro atoms. The summed E-state index contributed by atoms with van der Waals surface area (Å²) < 4.78 is 26.9. The van der Waals surface area contributed by atoms with E-state index in [2.05, 4.69) is 21.2 Å². The molecule has 2 amide bonds. The van der Waals surface area contributed by atoms with Gasteiger partial charge in [-0.3, -0.25) is 13.9 Å². The average molecular weight is 559 g/mol. The maximum atomic E-state index is 13.4. The summed E-state index contributed by atoms with van der Waals surface area (Å²) in [6, 6.07) is 12.8. The molecule has 0 saturated heterocycles. The third-order valence-corrected chi connectivity index (χ3v) is 6.83. The molecule has 1 atom stereocenters. The first-order chi connectivity index (χ1) is 15.4. The molecule has 0 aliphatic rings. The van der Waals surface area contributed by atoms with Crippen molar-refractivity contribution in [3.8, 4) is 0 Å². The number of sulfonamides is 1. The van der Waals surface area contributed by atoms with Crippen LogP contribution >= 0.6 is 27.5 Å². The molecule has 0 radical (unpaired) electrons. The van der Waals surface area contributed by atoms with Gasteiger partial charge in [0.2, 0.25) is 21.8 Å². The van der Waals surface area contributed by atoms with Crippen LogP contribution in [-0.4, -0.2) is 50.5 Å². The summed E-state index contributed by atoms with van der Waals surface area (Å²) in [5.41, 5.74) is 1.13. The Labute approximate surface area is 209 Å². The molecule has 0 saturated carbocycles. The van der Waals surface area contributed by atoms with Crippen LogP contribution in [-0.2, 0) is 26.2 Å². The molecule has 33 heavy (non-hydrogen) atoms. The third-order valence-electron chi connectivity index (χ3n) is 4.91. The normalized spacial score (nSPS) is 12.3. The van der Waals surface area contributed by atoms with Crippen molar-refractivity contribution >= 4 is 55.1 Å². The fourth-order valence-electron chi connectivity index (χ4n) is 3.04. The lowest BCUT2D eigenvalue weighted by Gasteiger charge is -2.31. The van der Waals surface area contributed by atoms with Crippen LogP contribution in [0.1, 0.15) is 26.3 Å². The summed E-state index contributed by atoms with van der Waals surface area (Å²) >= 11 is 9.31. The Bertz CT molecular complexity index is 1060. The van der Waals surface area contributed by atoms with Crippen LogP contribution < -0.4 is 9.62 Å². The molecule has 0 fully saturated rings. The molecule has 180 valence electrons. The number of anilines is 1. The average Bonchev–Trinajstić information content (AvgIpc) is 2.74. The van der Waals surface area contributed by atoms with Gasteiger partial charge in [-0.2, -0.15) is 0 Å². The van der Waals surface area contributed by atoms with E-state index < -0.39 is 28.5 Å². The SMILES string of the molecule is CC(C)CNC(=O)[C@@H](C)N(Cc1ccc(Br)cc1)C(=O)CN(c1ccc(Cl)cc1)S(C)(=O)=O. The highest BCUT2D eigenvalue weighted by atomic mass is 79.9. The minimum absolute atomic E-state index is 0.153. The predicted molar refractivity (Wildman–Crippen MR) is 136 cm³/mol. The van der Waals surface area contributed by atoms with Crippen molar-refractivity contribution < 1.29 is 18.0 Å². The quantitative estimate of drug-likeness (QED) is 0.477. The summed E-state index contributed by atoms with van der Waals surface area (Å²) in [6.07, 6.45) is 1.03. The molecule has 0 unspecified atom stereocenters. The summed E-state index contributed by atoms with van der Waals surface area (Å²) in [7, 11) is -3.77. The highest BCUT2D eigenvalue weighted by Gasteiger charge is 2.30. The molecule has 0 heterocycles. The molecule has 0 aliphatic heterocycles. The fraction of sp³-hybridized carbons (Fsp3) is 0.391. The van der Waals surface area contributed by atoms with Gasteiger partial charge >= 0.3 is 0 Å². The van der Waals surface area contributed by atoms with E-state index in [1.807, 2.05) is 38.1 Å². The molecule has 7 nitrogen and oxygen atoms in total. The first-order valence-corrected chi connectivity index (χ1v) is 13.4. The molecule has 0 bridgehead atoms. The smallest absolute Gasteiger partial charge is 0.244 e. The van der Waals surface area contributed by atoms with Gasteiger partial charge in [-0.25, -0.2) is 8.42 Å². The van der Waals surface area contributed by atoms with Crippen LogP contribution in [0.3, 0.4) is 0 Å². The lowest BCUT2D eigenvalue weighted by molar-refractivity contribution is -0.139. The van der Waals surface area contributed by atoms with Crippen LogP contribution in [0.5, 0.6) is 0 Å². The van der Waals surface area contributed by atoms with Crippen molar-refractivity contribution in [3.63, 3.8) is 0 Å². The summed E-state index contributed by atoms with van der Waals surface area (Å²) in [5.74, 6) is -0.542. The van der Waals surface area contributed by atoms with Gasteiger partial charge in [0, 0.05) is 22.6 Å². The van der Waals surface area contributed by atoms with Gasteiger partial charge < -0.3 is 10.2 Å². The monoisotopic (exact) mass is 557 g/mol. The Morgan fingerprint density at radius 2 is 1.61 bits per heavy atom. The van der Waals surface area contributed by atoms with Crippen molar-refractivity contribution in [1.82, 2.24) is 10.2 Å². The molecule has 10 heteroatoms. The largest absolute Gasteiger partial charge is 0.354 e. The van der Waals surface area contributed by atoms with Gasteiger partial charge in [0.1, 0.15) is 12.6 Å². The van der Waals surface area contributed by atoms with Crippen molar-refractivity contribution in [1.29, 1.82) is 0 Å². The Kier molecular flexibility index (Phi) is 9.75. The zero-order valence-electron chi connectivity index (χ0n) is 19.1. The fourth-order valence-corrected chi connectivity index (χ4v) is 4.28. The highest BCUT2D eigenvalue weighted by Crippen LogP contribution is 2.21.